The van der Waals surface area contributed by atoms with Crippen LogP contribution < -0.4 is 5.73 Å². The summed E-state index contributed by atoms with van der Waals surface area (Å²) in [7, 11) is -3.52. The van der Waals surface area contributed by atoms with E-state index in [4.69, 9.17) is 28.9 Å². The van der Waals surface area contributed by atoms with Gasteiger partial charge in [0, 0.05) is 19.1 Å². The molecule has 18 heavy (non-hydrogen) atoms. The number of rotatable bonds is 2. The Morgan fingerprint density at radius 3 is 2.61 bits per heavy atom. The number of hydrogen-bond acceptors (Lipinski definition) is 3. The second-order valence-corrected chi connectivity index (χ2v) is 7.09. The van der Waals surface area contributed by atoms with E-state index in [1.54, 1.807) is 0 Å². The van der Waals surface area contributed by atoms with Crippen LogP contribution >= 0.6 is 23.2 Å². The number of piperidine rings is 1. The molecule has 0 radical (unpaired) electrons. The predicted octanol–water partition coefficient (Wildman–Crippen LogP) is 2.11. The maximum absolute atomic E-state index is 12.4. The molecule has 0 aliphatic carbocycles. The number of halogens is 2. The molecule has 1 fully saturated rings. The summed E-state index contributed by atoms with van der Waals surface area (Å²) >= 11 is 11.6. The van der Waals surface area contributed by atoms with Gasteiger partial charge in [0.05, 0.1) is 14.9 Å². The van der Waals surface area contributed by atoms with Gasteiger partial charge >= 0.3 is 0 Å². The van der Waals surface area contributed by atoms with Crippen LogP contribution in [0.1, 0.15) is 12.8 Å². The molecule has 1 aromatic rings. The summed E-state index contributed by atoms with van der Waals surface area (Å²) in [5.41, 5.74) is 5.80. The van der Waals surface area contributed by atoms with Crippen molar-refractivity contribution in [3.8, 4) is 0 Å². The highest BCUT2D eigenvalue weighted by molar-refractivity contribution is 7.89. The van der Waals surface area contributed by atoms with Gasteiger partial charge in [-0.25, -0.2) is 8.42 Å². The monoisotopic (exact) mass is 308 g/mol. The van der Waals surface area contributed by atoms with Crippen molar-refractivity contribution in [3.63, 3.8) is 0 Å². The van der Waals surface area contributed by atoms with Crippen LogP contribution in [0.2, 0.25) is 10.0 Å². The topological polar surface area (TPSA) is 63.4 Å². The summed E-state index contributed by atoms with van der Waals surface area (Å²) in [6, 6.07) is 4.22. The molecule has 1 saturated heterocycles. The van der Waals surface area contributed by atoms with Crippen LogP contribution in [-0.4, -0.2) is 31.9 Å². The van der Waals surface area contributed by atoms with Gasteiger partial charge in [0.25, 0.3) is 0 Å². The SMILES string of the molecule is N[C@H]1CCCN(S(=O)(=O)c2ccc(Cl)c(Cl)c2)C1. The van der Waals surface area contributed by atoms with Crippen molar-refractivity contribution in [1.29, 1.82) is 0 Å². The van der Waals surface area contributed by atoms with Crippen LogP contribution in [0.4, 0.5) is 0 Å². The van der Waals surface area contributed by atoms with Crippen molar-refractivity contribution < 1.29 is 8.42 Å². The zero-order chi connectivity index (χ0) is 13.3. The number of nitrogens with zero attached hydrogens (tertiary/aromatic N) is 1. The molecule has 7 heteroatoms. The Morgan fingerprint density at radius 2 is 2.00 bits per heavy atom. The molecule has 0 spiro atoms. The average molecular weight is 309 g/mol. The van der Waals surface area contributed by atoms with Crippen LogP contribution in [0, 0.1) is 0 Å². The van der Waals surface area contributed by atoms with Gasteiger partial charge in [-0.3, -0.25) is 0 Å². The molecule has 1 aromatic carbocycles. The van der Waals surface area contributed by atoms with Crippen LogP contribution in [0.3, 0.4) is 0 Å². The molecule has 4 nitrogen and oxygen atoms in total. The molecule has 2 N–H and O–H groups in total. The summed E-state index contributed by atoms with van der Waals surface area (Å²) in [6.45, 7) is 0.846. The molecule has 1 heterocycles. The molecule has 0 unspecified atom stereocenters. The van der Waals surface area contributed by atoms with Gasteiger partial charge in [-0.15, -0.1) is 0 Å². The summed E-state index contributed by atoms with van der Waals surface area (Å²) in [5.74, 6) is 0. The van der Waals surface area contributed by atoms with Gasteiger partial charge in [-0.2, -0.15) is 4.31 Å². The second kappa shape index (κ2) is 5.35. The standard InChI is InChI=1S/C11H14Cl2N2O2S/c12-10-4-3-9(6-11(10)13)18(16,17)15-5-1-2-8(14)7-15/h3-4,6,8H,1-2,5,7,14H2/t8-/m0/s1. The zero-order valence-corrected chi connectivity index (χ0v) is 12.0. The Morgan fingerprint density at radius 1 is 1.28 bits per heavy atom. The Balaban J connectivity index is 2.32. The maximum Gasteiger partial charge on any atom is 0.243 e. The maximum atomic E-state index is 12.4. The highest BCUT2D eigenvalue weighted by Gasteiger charge is 2.29. The molecule has 0 aromatic heterocycles. The van der Waals surface area contributed by atoms with Crippen molar-refractivity contribution in [3.05, 3.63) is 28.2 Å². The minimum absolute atomic E-state index is 0.101. The number of sulfonamides is 1. The number of benzene rings is 1. The fourth-order valence-electron chi connectivity index (χ4n) is 1.98. The smallest absolute Gasteiger partial charge is 0.243 e. The third-order valence-corrected chi connectivity index (χ3v) is 5.55. The van der Waals surface area contributed by atoms with Crippen molar-refractivity contribution >= 4 is 33.2 Å². The molecule has 0 saturated carbocycles. The van der Waals surface area contributed by atoms with E-state index in [1.807, 2.05) is 0 Å². The lowest BCUT2D eigenvalue weighted by molar-refractivity contribution is 0.316. The molecule has 2 rings (SSSR count). The quantitative estimate of drug-likeness (QED) is 0.910. The van der Waals surface area contributed by atoms with Crippen LogP contribution in [0.15, 0.2) is 23.1 Å². The van der Waals surface area contributed by atoms with E-state index in [0.29, 0.717) is 18.1 Å². The van der Waals surface area contributed by atoms with Gasteiger partial charge < -0.3 is 5.73 Å². The lowest BCUT2D eigenvalue weighted by Gasteiger charge is -2.29. The molecule has 1 aliphatic rings. The Bertz CT molecular complexity index is 548. The van der Waals surface area contributed by atoms with Crippen LogP contribution in [0.25, 0.3) is 0 Å². The van der Waals surface area contributed by atoms with Crippen molar-refractivity contribution in [2.24, 2.45) is 5.73 Å². The van der Waals surface area contributed by atoms with Crippen molar-refractivity contribution in [1.82, 2.24) is 4.31 Å². The van der Waals surface area contributed by atoms with Crippen molar-refractivity contribution in [2.45, 2.75) is 23.8 Å². The molecule has 0 bridgehead atoms. The largest absolute Gasteiger partial charge is 0.327 e. The van der Waals surface area contributed by atoms with E-state index in [2.05, 4.69) is 0 Å². The van der Waals surface area contributed by atoms with Gasteiger partial charge in [0.1, 0.15) is 0 Å². The van der Waals surface area contributed by atoms with Crippen LogP contribution in [0.5, 0.6) is 0 Å². The normalized spacial score (nSPS) is 22.1. The Hall–Kier alpha value is -0.330. The molecular formula is C11H14Cl2N2O2S. The van der Waals surface area contributed by atoms with E-state index < -0.39 is 10.0 Å². The van der Waals surface area contributed by atoms with Gasteiger partial charge in [0.2, 0.25) is 10.0 Å². The highest BCUT2D eigenvalue weighted by Crippen LogP contribution is 2.27. The predicted molar refractivity (Wildman–Crippen MR) is 72.4 cm³/mol. The lowest BCUT2D eigenvalue weighted by Crippen LogP contribution is -2.45. The van der Waals surface area contributed by atoms with Gasteiger partial charge in [-0.1, -0.05) is 23.2 Å². The zero-order valence-electron chi connectivity index (χ0n) is 9.64. The fraction of sp³-hybridized carbons (Fsp3) is 0.455. The number of nitrogens with two attached hydrogens (primary N) is 1. The summed E-state index contributed by atoms with van der Waals surface area (Å²) in [4.78, 5) is 0.158. The minimum atomic E-state index is -3.52. The fourth-order valence-corrected chi connectivity index (χ4v) is 3.90. The summed E-state index contributed by atoms with van der Waals surface area (Å²) < 4.78 is 26.1. The first-order valence-electron chi connectivity index (χ1n) is 5.62. The molecule has 0 amide bonds. The minimum Gasteiger partial charge on any atom is -0.327 e. The van der Waals surface area contributed by atoms with E-state index in [9.17, 15) is 8.42 Å². The molecule has 1 aliphatic heterocycles. The van der Waals surface area contributed by atoms with E-state index in [1.165, 1.54) is 22.5 Å². The Kier molecular flexibility index (Phi) is 4.18. The average Bonchev–Trinajstić information content (AvgIpc) is 2.32. The third kappa shape index (κ3) is 2.81. The second-order valence-electron chi connectivity index (χ2n) is 4.34. The third-order valence-electron chi connectivity index (χ3n) is 2.95. The molecule has 100 valence electrons. The van der Waals surface area contributed by atoms with Crippen LogP contribution in [-0.2, 0) is 10.0 Å². The van der Waals surface area contributed by atoms with E-state index >= 15 is 0 Å². The van der Waals surface area contributed by atoms with E-state index in [0.717, 1.165) is 12.8 Å². The Labute approximate surface area is 117 Å². The van der Waals surface area contributed by atoms with Gasteiger partial charge in [0.15, 0.2) is 0 Å². The first-order chi connectivity index (χ1) is 8.41. The first-order valence-corrected chi connectivity index (χ1v) is 7.81. The first kappa shape index (κ1) is 14.1. The van der Waals surface area contributed by atoms with Gasteiger partial charge in [-0.05, 0) is 31.0 Å². The summed E-state index contributed by atoms with van der Waals surface area (Å²) in [6.07, 6.45) is 1.63. The number of hydrogen-bond donors (Lipinski definition) is 1. The summed E-state index contributed by atoms with van der Waals surface area (Å²) in [5, 5.41) is 0.574. The van der Waals surface area contributed by atoms with Crippen molar-refractivity contribution in [2.75, 3.05) is 13.1 Å². The lowest BCUT2D eigenvalue weighted by atomic mass is 10.1. The van der Waals surface area contributed by atoms with E-state index in [-0.39, 0.29) is 16.0 Å². The highest BCUT2D eigenvalue weighted by atomic mass is 35.5. The molecule has 1 atom stereocenters. The molecular weight excluding hydrogens is 295 g/mol.